The zero-order chi connectivity index (χ0) is 13.8. The van der Waals surface area contributed by atoms with Gasteiger partial charge in [-0.25, -0.2) is 4.79 Å². The quantitative estimate of drug-likeness (QED) is 0.843. The largest absolute Gasteiger partial charge is 0.462 e. The molecule has 0 unspecified atom stereocenters. The average Bonchev–Trinajstić information content (AvgIpc) is 2.74. The Labute approximate surface area is 114 Å². The Hall–Kier alpha value is -2.01. The highest BCUT2D eigenvalue weighted by atomic mass is 35.5. The molecule has 100 valence electrons. The Bertz CT molecular complexity index is 628. The van der Waals surface area contributed by atoms with Crippen LogP contribution >= 0.6 is 11.6 Å². The SMILES string of the molecule is CCOC(=O)c1c(Cc2ccc(Cl)cc2)[nH][nH]c1=O. The van der Waals surface area contributed by atoms with E-state index in [0.717, 1.165) is 5.56 Å². The first-order valence-corrected chi connectivity index (χ1v) is 6.20. The van der Waals surface area contributed by atoms with Gasteiger partial charge < -0.3 is 9.84 Å². The number of benzene rings is 1. The molecule has 0 saturated heterocycles. The maximum absolute atomic E-state index is 11.7. The number of rotatable bonds is 4. The molecule has 2 rings (SSSR count). The van der Waals surface area contributed by atoms with Gasteiger partial charge in [-0.3, -0.25) is 9.89 Å². The van der Waals surface area contributed by atoms with Crippen molar-refractivity contribution >= 4 is 17.6 Å². The van der Waals surface area contributed by atoms with E-state index in [1.54, 1.807) is 19.1 Å². The number of aromatic nitrogens is 2. The van der Waals surface area contributed by atoms with Gasteiger partial charge >= 0.3 is 5.97 Å². The van der Waals surface area contributed by atoms with E-state index in [1.807, 2.05) is 12.1 Å². The zero-order valence-electron chi connectivity index (χ0n) is 10.3. The highest BCUT2D eigenvalue weighted by Gasteiger charge is 2.19. The molecule has 1 aromatic carbocycles. The molecule has 0 bridgehead atoms. The van der Waals surface area contributed by atoms with Crippen molar-refractivity contribution in [1.82, 2.24) is 10.2 Å². The minimum Gasteiger partial charge on any atom is -0.462 e. The summed E-state index contributed by atoms with van der Waals surface area (Å²) in [6.07, 6.45) is 0.421. The molecule has 0 atom stereocenters. The van der Waals surface area contributed by atoms with Crippen molar-refractivity contribution in [1.29, 1.82) is 0 Å². The molecule has 0 radical (unpaired) electrons. The second-order valence-corrected chi connectivity index (χ2v) is 4.39. The summed E-state index contributed by atoms with van der Waals surface area (Å²) in [5.74, 6) is -0.617. The number of carbonyl (C=O) groups is 1. The monoisotopic (exact) mass is 280 g/mol. The molecule has 19 heavy (non-hydrogen) atoms. The van der Waals surface area contributed by atoms with Crippen molar-refractivity contribution < 1.29 is 9.53 Å². The van der Waals surface area contributed by atoms with Gasteiger partial charge in [-0.15, -0.1) is 0 Å². The summed E-state index contributed by atoms with van der Waals surface area (Å²) in [5.41, 5.74) is 0.996. The third kappa shape index (κ3) is 3.06. The molecule has 0 aliphatic heterocycles. The van der Waals surface area contributed by atoms with Crippen molar-refractivity contribution in [3.63, 3.8) is 0 Å². The van der Waals surface area contributed by atoms with E-state index in [-0.39, 0.29) is 12.2 Å². The summed E-state index contributed by atoms with van der Waals surface area (Å²) in [6, 6.07) is 7.18. The number of carbonyl (C=O) groups excluding carboxylic acids is 1. The number of halogens is 1. The predicted molar refractivity (Wildman–Crippen MR) is 71.6 cm³/mol. The van der Waals surface area contributed by atoms with Gasteiger partial charge in [-0.2, -0.15) is 0 Å². The van der Waals surface area contributed by atoms with Gasteiger partial charge in [0.1, 0.15) is 5.56 Å². The van der Waals surface area contributed by atoms with E-state index >= 15 is 0 Å². The van der Waals surface area contributed by atoms with Gasteiger partial charge in [-0.1, -0.05) is 23.7 Å². The molecule has 2 aromatic rings. The second-order valence-electron chi connectivity index (χ2n) is 3.96. The summed E-state index contributed by atoms with van der Waals surface area (Å²) >= 11 is 5.80. The van der Waals surface area contributed by atoms with Gasteiger partial charge in [0.05, 0.1) is 12.3 Å². The number of hydrogen-bond donors (Lipinski definition) is 2. The lowest BCUT2D eigenvalue weighted by molar-refractivity contribution is 0.0524. The maximum Gasteiger partial charge on any atom is 0.345 e. The lowest BCUT2D eigenvalue weighted by Gasteiger charge is -2.03. The minimum absolute atomic E-state index is 0.0248. The van der Waals surface area contributed by atoms with Crippen LogP contribution in [0.4, 0.5) is 0 Å². The van der Waals surface area contributed by atoms with Gasteiger partial charge in [0.2, 0.25) is 0 Å². The van der Waals surface area contributed by atoms with E-state index in [4.69, 9.17) is 16.3 Å². The van der Waals surface area contributed by atoms with Crippen molar-refractivity contribution in [3.8, 4) is 0 Å². The van der Waals surface area contributed by atoms with Crippen LogP contribution in [-0.2, 0) is 11.2 Å². The Morgan fingerprint density at radius 2 is 1.95 bits per heavy atom. The van der Waals surface area contributed by atoms with Crippen LogP contribution in [0.1, 0.15) is 28.5 Å². The Morgan fingerprint density at radius 3 is 2.58 bits per heavy atom. The first-order chi connectivity index (χ1) is 9.11. The molecule has 0 aliphatic carbocycles. The van der Waals surface area contributed by atoms with Crippen LogP contribution in [0.25, 0.3) is 0 Å². The fourth-order valence-corrected chi connectivity index (χ4v) is 1.88. The van der Waals surface area contributed by atoms with Crippen LogP contribution in [0, 0.1) is 0 Å². The van der Waals surface area contributed by atoms with Crippen LogP contribution in [0.5, 0.6) is 0 Å². The fourth-order valence-electron chi connectivity index (χ4n) is 1.75. The standard InChI is InChI=1S/C13H13ClN2O3/c1-2-19-13(18)11-10(15-16-12(11)17)7-8-3-5-9(14)6-4-8/h3-6H,2,7H2,1H3,(H2,15,16,17). The molecule has 5 nitrogen and oxygen atoms in total. The number of H-pyrrole nitrogens is 2. The molecule has 6 heteroatoms. The van der Waals surface area contributed by atoms with E-state index in [1.165, 1.54) is 0 Å². The van der Waals surface area contributed by atoms with E-state index in [2.05, 4.69) is 10.2 Å². The topological polar surface area (TPSA) is 75.0 Å². The van der Waals surface area contributed by atoms with Crippen LogP contribution in [0.15, 0.2) is 29.1 Å². The number of nitrogens with one attached hydrogen (secondary N) is 2. The molecule has 0 fully saturated rings. The summed E-state index contributed by atoms with van der Waals surface area (Å²) < 4.78 is 4.86. The molecule has 0 aliphatic rings. The second kappa shape index (κ2) is 5.75. The average molecular weight is 281 g/mol. The molecule has 0 spiro atoms. The highest BCUT2D eigenvalue weighted by Crippen LogP contribution is 2.14. The van der Waals surface area contributed by atoms with Crippen LogP contribution < -0.4 is 5.56 Å². The van der Waals surface area contributed by atoms with Gasteiger partial charge in [-0.05, 0) is 24.6 Å². The normalized spacial score (nSPS) is 10.4. The Balaban J connectivity index is 2.28. The van der Waals surface area contributed by atoms with Gasteiger partial charge in [0.15, 0.2) is 0 Å². The third-order valence-electron chi connectivity index (χ3n) is 2.63. The van der Waals surface area contributed by atoms with Crippen LogP contribution in [-0.4, -0.2) is 22.8 Å². The van der Waals surface area contributed by atoms with Gasteiger partial charge in [0, 0.05) is 11.4 Å². The van der Waals surface area contributed by atoms with E-state index in [9.17, 15) is 9.59 Å². The predicted octanol–water partition coefficient (Wildman–Crippen LogP) is 2.12. The lowest BCUT2D eigenvalue weighted by atomic mass is 10.1. The molecular weight excluding hydrogens is 268 g/mol. The molecule has 1 aromatic heterocycles. The third-order valence-corrected chi connectivity index (χ3v) is 2.88. The van der Waals surface area contributed by atoms with Crippen molar-refractivity contribution in [2.24, 2.45) is 0 Å². The molecule has 2 N–H and O–H groups in total. The number of hydrogen-bond acceptors (Lipinski definition) is 3. The Kier molecular flexibility index (Phi) is 4.06. The minimum atomic E-state index is -0.617. The van der Waals surface area contributed by atoms with Crippen molar-refractivity contribution in [2.75, 3.05) is 6.61 Å². The first kappa shape index (κ1) is 13.4. The number of aromatic amines is 2. The Morgan fingerprint density at radius 1 is 1.26 bits per heavy atom. The number of ether oxygens (including phenoxy) is 1. The maximum atomic E-state index is 11.7. The summed E-state index contributed by atoms with van der Waals surface area (Å²) in [7, 11) is 0. The van der Waals surface area contributed by atoms with Crippen molar-refractivity contribution in [3.05, 3.63) is 56.5 Å². The smallest absolute Gasteiger partial charge is 0.345 e. The van der Waals surface area contributed by atoms with Crippen LogP contribution in [0.3, 0.4) is 0 Å². The number of esters is 1. The molecule has 0 saturated carbocycles. The molecular formula is C13H13ClN2O3. The van der Waals surface area contributed by atoms with E-state index in [0.29, 0.717) is 17.1 Å². The zero-order valence-corrected chi connectivity index (χ0v) is 11.1. The fraction of sp³-hybridized carbons (Fsp3) is 0.231. The van der Waals surface area contributed by atoms with E-state index < -0.39 is 11.5 Å². The summed E-state index contributed by atoms with van der Waals surface area (Å²) in [5, 5.41) is 5.74. The van der Waals surface area contributed by atoms with Crippen molar-refractivity contribution in [2.45, 2.75) is 13.3 Å². The summed E-state index contributed by atoms with van der Waals surface area (Å²) in [4.78, 5) is 23.3. The summed E-state index contributed by atoms with van der Waals surface area (Å²) in [6.45, 7) is 1.92. The molecule has 1 heterocycles. The van der Waals surface area contributed by atoms with Crippen LogP contribution in [0.2, 0.25) is 5.02 Å². The lowest BCUT2D eigenvalue weighted by Crippen LogP contribution is -2.16. The van der Waals surface area contributed by atoms with Gasteiger partial charge in [0.25, 0.3) is 5.56 Å². The highest BCUT2D eigenvalue weighted by molar-refractivity contribution is 6.30. The molecule has 0 amide bonds. The first-order valence-electron chi connectivity index (χ1n) is 5.83.